The monoisotopic (exact) mass is 240 g/mol. The molecule has 0 radical (unpaired) electrons. The van der Waals surface area contributed by atoms with E-state index in [2.05, 4.69) is 11.4 Å². The average Bonchev–Trinajstić information content (AvgIpc) is 2.25. The third kappa shape index (κ3) is 4.57. The topological polar surface area (TPSA) is 35.8 Å². The lowest BCUT2D eigenvalue weighted by Gasteiger charge is -2.06. The lowest BCUT2D eigenvalue weighted by molar-refractivity contribution is 0.663. The van der Waals surface area contributed by atoms with Crippen molar-refractivity contribution in [2.45, 2.75) is 17.4 Å². The number of benzene rings is 1. The van der Waals surface area contributed by atoms with Gasteiger partial charge in [-0.25, -0.2) is 0 Å². The second-order valence-corrected chi connectivity index (χ2v) is 4.67. The molecule has 0 saturated carbocycles. The van der Waals surface area contributed by atoms with Crippen molar-refractivity contribution in [2.75, 3.05) is 12.8 Å². The molecule has 15 heavy (non-hydrogen) atoms. The quantitative estimate of drug-likeness (QED) is 0.804. The van der Waals surface area contributed by atoms with Gasteiger partial charge in [0.1, 0.15) is 0 Å². The zero-order valence-electron chi connectivity index (χ0n) is 8.53. The Morgan fingerprint density at radius 3 is 3.00 bits per heavy atom. The van der Waals surface area contributed by atoms with E-state index in [0.717, 1.165) is 22.1 Å². The molecule has 1 N–H and O–H groups in total. The van der Waals surface area contributed by atoms with Gasteiger partial charge in [-0.05, 0) is 31.7 Å². The summed E-state index contributed by atoms with van der Waals surface area (Å²) in [5.74, 6) is 0.916. The maximum atomic E-state index is 8.72. The van der Waals surface area contributed by atoms with Gasteiger partial charge in [-0.15, -0.1) is 11.8 Å². The molecule has 80 valence electrons. The molecule has 1 aromatic carbocycles. The number of nitriles is 1. The second-order valence-electron chi connectivity index (χ2n) is 3.06. The number of nitrogens with zero attached hydrogens (tertiary/aromatic N) is 1. The van der Waals surface area contributed by atoms with Crippen LogP contribution in [0, 0.1) is 11.3 Å². The zero-order chi connectivity index (χ0) is 11.1. The molecule has 2 nitrogen and oxygen atoms in total. The Bertz CT molecular complexity index is 349. The van der Waals surface area contributed by atoms with Crippen LogP contribution in [0.2, 0.25) is 5.02 Å². The Balaban J connectivity index is 2.35. The average molecular weight is 241 g/mol. The molecule has 1 unspecified atom stereocenters. The third-order valence-corrected chi connectivity index (χ3v) is 3.24. The van der Waals surface area contributed by atoms with Gasteiger partial charge < -0.3 is 5.32 Å². The maximum absolute atomic E-state index is 8.72. The molecule has 0 aliphatic rings. The third-order valence-electron chi connectivity index (χ3n) is 1.98. The molecule has 0 fully saturated rings. The fourth-order valence-electron chi connectivity index (χ4n) is 1.12. The molecule has 0 aromatic heterocycles. The number of rotatable bonds is 5. The van der Waals surface area contributed by atoms with Crippen molar-refractivity contribution in [1.82, 2.24) is 5.32 Å². The summed E-state index contributed by atoms with van der Waals surface area (Å²) < 4.78 is 0. The Labute approximate surface area is 99.6 Å². The van der Waals surface area contributed by atoms with Crippen LogP contribution in [-0.4, -0.2) is 18.8 Å². The van der Waals surface area contributed by atoms with E-state index in [1.807, 2.05) is 24.3 Å². The predicted molar refractivity (Wildman–Crippen MR) is 65.3 cm³/mol. The summed E-state index contributed by atoms with van der Waals surface area (Å²) in [6, 6.07) is 9.90. The molecule has 0 bridgehead atoms. The first-order valence-corrected chi connectivity index (χ1v) is 6.08. The summed E-state index contributed by atoms with van der Waals surface area (Å²) in [6.07, 6.45) is 0.837. The van der Waals surface area contributed by atoms with Crippen LogP contribution in [0.1, 0.15) is 6.42 Å². The van der Waals surface area contributed by atoms with Crippen molar-refractivity contribution in [3.63, 3.8) is 0 Å². The van der Waals surface area contributed by atoms with Crippen molar-refractivity contribution < 1.29 is 0 Å². The SMILES string of the molecule is CNC(C#N)CCSc1cccc(Cl)c1. The van der Waals surface area contributed by atoms with Gasteiger partial charge in [0.25, 0.3) is 0 Å². The van der Waals surface area contributed by atoms with Gasteiger partial charge in [-0.2, -0.15) is 5.26 Å². The van der Waals surface area contributed by atoms with Crippen molar-refractivity contribution in [2.24, 2.45) is 0 Å². The van der Waals surface area contributed by atoms with Crippen molar-refractivity contribution in [3.05, 3.63) is 29.3 Å². The molecule has 1 aromatic rings. The minimum atomic E-state index is -0.0586. The minimum Gasteiger partial charge on any atom is -0.305 e. The second kappa shape index (κ2) is 6.73. The summed E-state index contributed by atoms with van der Waals surface area (Å²) in [5, 5.41) is 12.4. The van der Waals surface area contributed by atoms with Crippen LogP contribution in [0.5, 0.6) is 0 Å². The van der Waals surface area contributed by atoms with Crippen molar-refractivity contribution in [1.29, 1.82) is 5.26 Å². The van der Waals surface area contributed by atoms with Crippen LogP contribution in [0.3, 0.4) is 0 Å². The van der Waals surface area contributed by atoms with E-state index in [9.17, 15) is 0 Å². The van der Waals surface area contributed by atoms with Gasteiger partial charge in [-0.3, -0.25) is 0 Å². The molecule has 1 atom stereocenters. The number of nitrogens with one attached hydrogen (secondary N) is 1. The number of hydrogen-bond acceptors (Lipinski definition) is 3. The van der Waals surface area contributed by atoms with E-state index in [1.165, 1.54) is 0 Å². The van der Waals surface area contributed by atoms with Gasteiger partial charge in [0, 0.05) is 15.7 Å². The fourth-order valence-corrected chi connectivity index (χ4v) is 2.35. The molecular weight excluding hydrogens is 228 g/mol. The molecule has 0 spiro atoms. The molecule has 1 rings (SSSR count). The Hall–Kier alpha value is -0.690. The number of thioether (sulfide) groups is 1. The first-order valence-electron chi connectivity index (χ1n) is 4.71. The van der Waals surface area contributed by atoms with Gasteiger partial charge in [0.15, 0.2) is 0 Å². The van der Waals surface area contributed by atoms with E-state index in [-0.39, 0.29) is 6.04 Å². The van der Waals surface area contributed by atoms with Crippen LogP contribution >= 0.6 is 23.4 Å². The fraction of sp³-hybridized carbons (Fsp3) is 0.364. The van der Waals surface area contributed by atoms with Crippen molar-refractivity contribution in [3.8, 4) is 6.07 Å². The van der Waals surface area contributed by atoms with E-state index < -0.39 is 0 Å². The summed E-state index contributed by atoms with van der Waals surface area (Å²) in [5.41, 5.74) is 0. The highest BCUT2D eigenvalue weighted by Gasteiger charge is 2.03. The highest BCUT2D eigenvalue weighted by atomic mass is 35.5. The van der Waals surface area contributed by atoms with E-state index >= 15 is 0 Å². The Kier molecular flexibility index (Phi) is 5.56. The molecular formula is C11H13ClN2S. The van der Waals surface area contributed by atoms with Crippen molar-refractivity contribution >= 4 is 23.4 Å². The lowest BCUT2D eigenvalue weighted by Crippen LogP contribution is -2.23. The minimum absolute atomic E-state index is 0.0586. The molecule has 0 saturated heterocycles. The summed E-state index contributed by atoms with van der Waals surface area (Å²) in [7, 11) is 1.80. The molecule has 0 aliphatic heterocycles. The van der Waals surface area contributed by atoms with Crippen LogP contribution < -0.4 is 5.32 Å². The highest BCUT2D eigenvalue weighted by molar-refractivity contribution is 7.99. The van der Waals surface area contributed by atoms with Crippen LogP contribution in [-0.2, 0) is 0 Å². The van der Waals surface area contributed by atoms with Crippen LogP contribution in [0.4, 0.5) is 0 Å². The summed E-state index contributed by atoms with van der Waals surface area (Å²) >= 11 is 7.58. The maximum Gasteiger partial charge on any atom is 0.0958 e. The lowest BCUT2D eigenvalue weighted by atomic mass is 10.3. The van der Waals surface area contributed by atoms with E-state index in [4.69, 9.17) is 16.9 Å². The standard InChI is InChI=1S/C11H13ClN2S/c1-14-10(8-13)5-6-15-11-4-2-3-9(12)7-11/h2-4,7,10,14H,5-6H2,1H3. The first kappa shape index (κ1) is 12.4. The molecule has 0 amide bonds. The number of hydrogen-bond donors (Lipinski definition) is 1. The largest absolute Gasteiger partial charge is 0.305 e. The summed E-state index contributed by atoms with van der Waals surface area (Å²) in [4.78, 5) is 1.15. The van der Waals surface area contributed by atoms with Gasteiger partial charge in [0.2, 0.25) is 0 Å². The smallest absolute Gasteiger partial charge is 0.0958 e. The Morgan fingerprint density at radius 1 is 1.60 bits per heavy atom. The summed E-state index contributed by atoms with van der Waals surface area (Å²) in [6.45, 7) is 0. The molecule has 0 aliphatic carbocycles. The normalized spacial score (nSPS) is 12.1. The molecule has 4 heteroatoms. The molecule has 0 heterocycles. The van der Waals surface area contributed by atoms with Gasteiger partial charge >= 0.3 is 0 Å². The Morgan fingerprint density at radius 2 is 2.40 bits per heavy atom. The highest BCUT2D eigenvalue weighted by Crippen LogP contribution is 2.22. The first-order chi connectivity index (χ1) is 7.26. The predicted octanol–water partition coefficient (Wildman–Crippen LogP) is 2.93. The van der Waals surface area contributed by atoms with Crippen LogP contribution in [0.15, 0.2) is 29.2 Å². The van der Waals surface area contributed by atoms with E-state index in [1.54, 1.807) is 18.8 Å². The van der Waals surface area contributed by atoms with E-state index in [0.29, 0.717) is 0 Å². The number of halogens is 1. The van der Waals surface area contributed by atoms with Gasteiger partial charge in [-0.1, -0.05) is 17.7 Å². The van der Waals surface area contributed by atoms with Crippen LogP contribution in [0.25, 0.3) is 0 Å². The van der Waals surface area contributed by atoms with Gasteiger partial charge in [0.05, 0.1) is 12.1 Å². The zero-order valence-corrected chi connectivity index (χ0v) is 10.1.